The highest BCUT2D eigenvalue weighted by Gasteiger charge is 2.26. The molecular weight excluding hydrogens is 230 g/mol. The first-order valence-electron chi connectivity index (χ1n) is 6.70. The third-order valence-electron chi connectivity index (χ3n) is 3.62. The summed E-state index contributed by atoms with van der Waals surface area (Å²) >= 11 is 0. The molecule has 0 unspecified atom stereocenters. The number of hydrogen-bond acceptors (Lipinski definition) is 3. The molecule has 1 saturated heterocycles. The number of aromatic amines is 1. The number of ether oxygens (including phenoxy) is 1. The molecule has 1 aliphatic heterocycles. The topological polar surface area (TPSA) is 67.0 Å². The zero-order valence-electron chi connectivity index (χ0n) is 10.4. The molecule has 5 nitrogen and oxygen atoms in total. The normalized spacial score (nSPS) is 23.2. The van der Waals surface area contributed by atoms with Gasteiger partial charge in [-0.3, -0.25) is 9.89 Å². The molecule has 1 aromatic rings. The lowest BCUT2D eigenvalue weighted by Gasteiger charge is -2.07. The van der Waals surface area contributed by atoms with Crippen LogP contribution in [0.15, 0.2) is 6.07 Å². The highest BCUT2D eigenvalue weighted by atomic mass is 16.5. The Morgan fingerprint density at radius 2 is 2.39 bits per heavy atom. The van der Waals surface area contributed by atoms with Crippen LogP contribution in [0.3, 0.4) is 0 Å². The van der Waals surface area contributed by atoms with Gasteiger partial charge in [-0.05, 0) is 31.2 Å². The molecule has 3 rings (SSSR count). The number of amides is 1. The number of rotatable bonds is 5. The van der Waals surface area contributed by atoms with Crippen molar-refractivity contribution in [2.45, 2.75) is 38.1 Å². The van der Waals surface area contributed by atoms with E-state index in [9.17, 15) is 4.79 Å². The molecule has 1 aromatic heterocycles. The van der Waals surface area contributed by atoms with Crippen molar-refractivity contribution in [3.05, 3.63) is 17.5 Å². The van der Waals surface area contributed by atoms with Gasteiger partial charge in [-0.25, -0.2) is 0 Å². The fourth-order valence-corrected chi connectivity index (χ4v) is 2.33. The largest absolute Gasteiger partial charge is 0.381 e. The van der Waals surface area contributed by atoms with Crippen molar-refractivity contribution in [2.75, 3.05) is 13.2 Å². The van der Waals surface area contributed by atoms with Gasteiger partial charge in [0.25, 0.3) is 0 Å². The Labute approximate surface area is 106 Å². The molecule has 98 valence electrons. The number of nitrogens with one attached hydrogen (secondary N) is 2. The van der Waals surface area contributed by atoms with E-state index < -0.39 is 0 Å². The summed E-state index contributed by atoms with van der Waals surface area (Å²) in [5, 5.41) is 10.2. The predicted molar refractivity (Wildman–Crippen MR) is 66.0 cm³/mol. The Morgan fingerprint density at radius 1 is 1.50 bits per heavy atom. The first-order chi connectivity index (χ1) is 8.81. The van der Waals surface area contributed by atoms with Gasteiger partial charge in [0.05, 0.1) is 17.9 Å². The van der Waals surface area contributed by atoms with E-state index >= 15 is 0 Å². The second-order valence-electron chi connectivity index (χ2n) is 5.30. The summed E-state index contributed by atoms with van der Waals surface area (Å²) in [7, 11) is 0. The fraction of sp³-hybridized carbons (Fsp3) is 0.692. The SMILES string of the molecule is O=C(C[C@@H]1CCOC1)NCc1cc(C2CC2)n[nH]1. The zero-order chi connectivity index (χ0) is 12.4. The summed E-state index contributed by atoms with van der Waals surface area (Å²) in [6, 6.07) is 2.07. The van der Waals surface area contributed by atoms with Crippen LogP contribution in [0, 0.1) is 5.92 Å². The molecule has 5 heteroatoms. The second kappa shape index (κ2) is 5.10. The maximum atomic E-state index is 11.7. The first-order valence-corrected chi connectivity index (χ1v) is 6.70. The molecule has 1 atom stereocenters. The quantitative estimate of drug-likeness (QED) is 0.827. The van der Waals surface area contributed by atoms with Crippen LogP contribution >= 0.6 is 0 Å². The van der Waals surface area contributed by atoms with Gasteiger partial charge in [0.15, 0.2) is 0 Å². The molecule has 18 heavy (non-hydrogen) atoms. The van der Waals surface area contributed by atoms with Gasteiger partial charge in [-0.1, -0.05) is 0 Å². The molecule has 2 heterocycles. The molecule has 2 N–H and O–H groups in total. The van der Waals surface area contributed by atoms with Crippen molar-refractivity contribution in [2.24, 2.45) is 5.92 Å². The Morgan fingerprint density at radius 3 is 3.11 bits per heavy atom. The Balaban J connectivity index is 1.43. The summed E-state index contributed by atoms with van der Waals surface area (Å²) in [4.78, 5) is 11.7. The maximum Gasteiger partial charge on any atom is 0.220 e. The van der Waals surface area contributed by atoms with Gasteiger partial charge >= 0.3 is 0 Å². The van der Waals surface area contributed by atoms with E-state index in [1.54, 1.807) is 0 Å². The standard InChI is InChI=1S/C13H19N3O2/c17-13(5-9-3-4-18-8-9)14-7-11-6-12(16-15-11)10-1-2-10/h6,9-10H,1-5,7-8H2,(H,14,17)(H,15,16)/t9-/m0/s1. The van der Waals surface area contributed by atoms with Crippen LogP contribution in [0.4, 0.5) is 0 Å². The lowest BCUT2D eigenvalue weighted by atomic mass is 10.1. The van der Waals surface area contributed by atoms with Crippen molar-refractivity contribution in [3.63, 3.8) is 0 Å². The first kappa shape index (κ1) is 11.7. The van der Waals surface area contributed by atoms with Crippen LogP contribution in [0.5, 0.6) is 0 Å². The molecule has 0 bridgehead atoms. The minimum Gasteiger partial charge on any atom is -0.381 e. The molecule has 1 amide bonds. The van der Waals surface area contributed by atoms with Gasteiger partial charge in [0.2, 0.25) is 5.91 Å². The van der Waals surface area contributed by atoms with E-state index in [1.165, 1.54) is 12.8 Å². The number of carbonyl (C=O) groups is 1. The van der Waals surface area contributed by atoms with E-state index in [2.05, 4.69) is 21.6 Å². The van der Waals surface area contributed by atoms with E-state index in [-0.39, 0.29) is 5.91 Å². The zero-order valence-corrected chi connectivity index (χ0v) is 10.4. The van der Waals surface area contributed by atoms with Crippen molar-refractivity contribution in [1.29, 1.82) is 0 Å². The van der Waals surface area contributed by atoms with Gasteiger partial charge in [0.1, 0.15) is 0 Å². The summed E-state index contributed by atoms with van der Waals surface area (Å²) in [5.74, 6) is 1.16. The highest BCUT2D eigenvalue weighted by Crippen LogP contribution is 2.38. The van der Waals surface area contributed by atoms with E-state index in [0.29, 0.717) is 24.8 Å². The highest BCUT2D eigenvalue weighted by molar-refractivity contribution is 5.76. The maximum absolute atomic E-state index is 11.7. The van der Waals surface area contributed by atoms with Crippen LogP contribution in [0.25, 0.3) is 0 Å². The molecule has 2 fully saturated rings. The van der Waals surface area contributed by atoms with E-state index in [4.69, 9.17) is 4.74 Å². The fourth-order valence-electron chi connectivity index (χ4n) is 2.33. The molecule has 1 saturated carbocycles. The molecule has 2 aliphatic rings. The van der Waals surface area contributed by atoms with Gasteiger partial charge in [0, 0.05) is 25.6 Å². The third-order valence-corrected chi connectivity index (χ3v) is 3.62. The Kier molecular flexibility index (Phi) is 3.32. The number of hydrogen-bond donors (Lipinski definition) is 2. The molecule has 1 aliphatic carbocycles. The van der Waals surface area contributed by atoms with Crippen molar-refractivity contribution in [1.82, 2.24) is 15.5 Å². The van der Waals surface area contributed by atoms with Crippen molar-refractivity contribution >= 4 is 5.91 Å². The smallest absolute Gasteiger partial charge is 0.220 e. The number of H-pyrrole nitrogens is 1. The Bertz CT molecular complexity index is 420. The number of nitrogens with zero attached hydrogens (tertiary/aromatic N) is 1. The lowest BCUT2D eigenvalue weighted by Crippen LogP contribution is -2.25. The van der Waals surface area contributed by atoms with Gasteiger partial charge in [-0.2, -0.15) is 5.10 Å². The van der Waals surface area contributed by atoms with Crippen molar-refractivity contribution < 1.29 is 9.53 Å². The van der Waals surface area contributed by atoms with E-state index in [1.807, 2.05) is 0 Å². The predicted octanol–water partition coefficient (Wildman–Crippen LogP) is 1.33. The van der Waals surface area contributed by atoms with Crippen LogP contribution in [0.1, 0.15) is 43.0 Å². The van der Waals surface area contributed by atoms with Crippen LogP contribution < -0.4 is 5.32 Å². The second-order valence-corrected chi connectivity index (χ2v) is 5.30. The lowest BCUT2D eigenvalue weighted by molar-refractivity contribution is -0.122. The molecule has 0 aromatic carbocycles. The van der Waals surface area contributed by atoms with Gasteiger partial charge < -0.3 is 10.1 Å². The molecule has 0 radical (unpaired) electrons. The average molecular weight is 249 g/mol. The molecule has 0 spiro atoms. The minimum absolute atomic E-state index is 0.105. The Hall–Kier alpha value is -1.36. The number of carbonyl (C=O) groups excluding carboxylic acids is 1. The van der Waals surface area contributed by atoms with Crippen LogP contribution in [0.2, 0.25) is 0 Å². The summed E-state index contributed by atoms with van der Waals surface area (Å²) < 4.78 is 5.26. The van der Waals surface area contributed by atoms with Gasteiger partial charge in [-0.15, -0.1) is 0 Å². The van der Waals surface area contributed by atoms with E-state index in [0.717, 1.165) is 31.0 Å². The van der Waals surface area contributed by atoms with Crippen LogP contribution in [-0.2, 0) is 16.1 Å². The average Bonchev–Trinajstić information content (AvgIpc) is 2.90. The molecular formula is C13H19N3O2. The summed E-state index contributed by atoms with van der Waals surface area (Å²) in [6.45, 7) is 2.07. The van der Waals surface area contributed by atoms with Crippen molar-refractivity contribution in [3.8, 4) is 0 Å². The summed E-state index contributed by atoms with van der Waals surface area (Å²) in [5.41, 5.74) is 2.14. The summed E-state index contributed by atoms with van der Waals surface area (Å²) in [6.07, 6.45) is 4.07. The minimum atomic E-state index is 0.105. The number of aromatic nitrogens is 2. The van der Waals surface area contributed by atoms with Crippen LogP contribution in [-0.4, -0.2) is 29.3 Å². The third kappa shape index (κ3) is 2.90. The monoisotopic (exact) mass is 249 g/mol.